The fourth-order valence-electron chi connectivity index (χ4n) is 2.38. The van der Waals surface area contributed by atoms with Gasteiger partial charge < -0.3 is 0 Å². The lowest BCUT2D eigenvalue weighted by molar-refractivity contribution is -0.385. The van der Waals surface area contributed by atoms with Crippen LogP contribution < -0.4 is 0 Å². The molecule has 25 heavy (non-hydrogen) atoms. The predicted molar refractivity (Wildman–Crippen MR) is 103 cm³/mol. The maximum Gasteiger partial charge on any atom is 0.274 e. The number of aromatic nitrogens is 1. The second kappa shape index (κ2) is 6.91. The van der Waals surface area contributed by atoms with E-state index in [0.29, 0.717) is 16.1 Å². The van der Waals surface area contributed by atoms with Crippen LogP contribution in [0.2, 0.25) is 0 Å². The molecule has 0 spiro atoms. The number of thiazole rings is 1. The number of hydrogen-bond donors (Lipinski definition) is 0. The maximum atomic E-state index is 11.1. The third-order valence-corrected chi connectivity index (χ3v) is 4.83. The number of nitro benzene ring substituents is 1. The van der Waals surface area contributed by atoms with E-state index in [1.807, 2.05) is 19.1 Å². The van der Waals surface area contributed by atoms with Crippen LogP contribution in [-0.4, -0.2) is 15.1 Å². The second-order valence-electron chi connectivity index (χ2n) is 5.29. The summed E-state index contributed by atoms with van der Waals surface area (Å²) in [5.41, 5.74) is 3.68. The Labute approximate surface area is 153 Å². The van der Waals surface area contributed by atoms with Crippen molar-refractivity contribution in [3.05, 3.63) is 62.1 Å². The topological polar surface area (TPSA) is 68.4 Å². The Morgan fingerprint density at radius 3 is 2.60 bits per heavy atom. The minimum atomic E-state index is -0.378. The SMILES string of the molecule is Cc1c([N+](=O)[O-])cc(C)c2sc(C#Cc3ccc(N=C=S)cc3)nc12. The number of isothiocyanates is 1. The lowest BCUT2D eigenvalue weighted by Crippen LogP contribution is -1.93. The number of rotatable bonds is 2. The molecule has 0 saturated heterocycles. The summed E-state index contributed by atoms with van der Waals surface area (Å²) in [4.78, 5) is 19.1. The van der Waals surface area contributed by atoms with E-state index in [-0.39, 0.29) is 10.6 Å². The van der Waals surface area contributed by atoms with E-state index in [0.717, 1.165) is 21.5 Å². The van der Waals surface area contributed by atoms with Gasteiger partial charge in [0.25, 0.3) is 5.69 Å². The maximum absolute atomic E-state index is 11.1. The first kappa shape index (κ1) is 16.9. The zero-order valence-electron chi connectivity index (χ0n) is 13.4. The van der Waals surface area contributed by atoms with Gasteiger partial charge in [-0.05, 0) is 61.8 Å². The summed E-state index contributed by atoms with van der Waals surface area (Å²) in [7, 11) is 0. The number of nitrogens with zero attached hydrogens (tertiary/aromatic N) is 3. The molecule has 0 bridgehead atoms. The van der Waals surface area contributed by atoms with Crippen LogP contribution in [0.25, 0.3) is 10.2 Å². The number of fused-ring (bicyclic) bond motifs is 1. The monoisotopic (exact) mass is 365 g/mol. The molecule has 1 aromatic heterocycles. The van der Waals surface area contributed by atoms with Crippen LogP contribution in [0, 0.1) is 35.8 Å². The quantitative estimate of drug-likeness (QED) is 0.212. The van der Waals surface area contributed by atoms with Crippen molar-refractivity contribution in [1.29, 1.82) is 0 Å². The molecule has 0 fully saturated rings. The van der Waals surface area contributed by atoms with E-state index in [9.17, 15) is 10.1 Å². The van der Waals surface area contributed by atoms with E-state index in [4.69, 9.17) is 0 Å². The van der Waals surface area contributed by atoms with Crippen LogP contribution in [0.5, 0.6) is 0 Å². The van der Waals surface area contributed by atoms with Crippen LogP contribution in [0.15, 0.2) is 35.3 Å². The second-order valence-corrected chi connectivity index (χ2v) is 6.47. The van der Waals surface area contributed by atoms with Crippen molar-refractivity contribution in [3.63, 3.8) is 0 Å². The highest BCUT2D eigenvalue weighted by atomic mass is 32.1. The average Bonchev–Trinajstić information content (AvgIpc) is 3.03. The van der Waals surface area contributed by atoms with Gasteiger partial charge in [0.15, 0.2) is 5.01 Å². The van der Waals surface area contributed by atoms with Gasteiger partial charge in [0.05, 0.1) is 31.6 Å². The van der Waals surface area contributed by atoms with Gasteiger partial charge in [-0.3, -0.25) is 10.1 Å². The average molecular weight is 365 g/mol. The fraction of sp³-hybridized carbons (Fsp3) is 0.111. The third-order valence-electron chi connectivity index (χ3n) is 3.63. The number of hydrogen-bond acceptors (Lipinski definition) is 6. The fourth-order valence-corrected chi connectivity index (χ4v) is 3.44. The zero-order chi connectivity index (χ0) is 18.0. The van der Waals surface area contributed by atoms with Gasteiger partial charge in [-0.2, -0.15) is 4.99 Å². The summed E-state index contributed by atoms with van der Waals surface area (Å²) >= 11 is 6.01. The molecule has 0 amide bonds. The summed E-state index contributed by atoms with van der Waals surface area (Å²) < 4.78 is 0.929. The molecule has 0 aliphatic carbocycles. The number of aliphatic imine (C=N–C) groups is 1. The Balaban J connectivity index is 2.01. The first-order valence-corrected chi connectivity index (χ1v) is 8.47. The van der Waals surface area contributed by atoms with E-state index >= 15 is 0 Å². The Hall–Kier alpha value is -2.91. The lowest BCUT2D eigenvalue weighted by Gasteiger charge is -2.00. The standard InChI is InChI=1S/C18H11N3O2S2/c1-11-9-15(21(22)23)12(2)17-18(11)25-16(20-17)8-5-13-3-6-14(7-4-13)19-10-24/h3-4,6-7,9H,1-2H3. The van der Waals surface area contributed by atoms with Crippen molar-refractivity contribution in [3.8, 4) is 11.8 Å². The summed E-state index contributed by atoms with van der Waals surface area (Å²) in [6.45, 7) is 3.56. The molecule has 0 N–H and O–H groups in total. The van der Waals surface area contributed by atoms with Gasteiger partial charge in [-0.15, -0.1) is 11.3 Å². The Kier molecular flexibility index (Phi) is 4.68. The van der Waals surface area contributed by atoms with Crippen LogP contribution in [0.1, 0.15) is 21.7 Å². The van der Waals surface area contributed by atoms with Gasteiger partial charge >= 0.3 is 0 Å². The number of nitro groups is 1. The van der Waals surface area contributed by atoms with Crippen LogP contribution >= 0.6 is 23.6 Å². The van der Waals surface area contributed by atoms with Crippen LogP contribution in [0.4, 0.5) is 11.4 Å². The summed E-state index contributed by atoms with van der Waals surface area (Å²) in [6.07, 6.45) is 0. The van der Waals surface area contributed by atoms with Gasteiger partial charge in [0.1, 0.15) is 0 Å². The molecule has 7 heteroatoms. The molecule has 1 heterocycles. The van der Waals surface area contributed by atoms with Crippen LogP contribution in [-0.2, 0) is 0 Å². The van der Waals surface area contributed by atoms with Crippen LogP contribution in [0.3, 0.4) is 0 Å². The molecule has 0 aliphatic heterocycles. The molecule has 2 aromatic carbocycles. The molecule has 0 atom stereocenters. The minimum Gasteiger partial charge on any atom is -0.258 e. The summed E-state index contributed by atoms with van der Waals surface area (Å²) in [6, 6.07) is 8.88. The smallest absolute Gasteiger partial charge is 0.258 e. The number of benzene rings is 2. The van der Waals surface area contributed by atoms with E-state index in [2.05, 4.69) is 39.2 Å². The van der Waals surface area contributed by atoms with Crippen molar-refractivity contribution in [2.75, 3.05) is 0 Å². The van der Waals surface area contributed by atoms with Gasteiger partial charge in [0, 0.05) is 11.6 Å². The highest BCUT2D eigenvalue weighted by Crippen LogP contribution is 2.33. The van der Waals surface area contributed by atoms with E-state index in [1.54, 1.807) is 25.1 Å². The minimum absolute atomic E-state index is 0.0875. The zero-order valence-corrected chi connectivity index (χ0v) is 15.0. The molecular weight excluding hydrogens is 354 g/mol. The molecule has 0 saturated carbocycles. The Morgan fingerprint density at radius 2 is 1.96 bits per heavy atom. The van der Waals surface area contributed by atoms with Gasteiger partial charge in [-0.1, -0.05) is 5.92 Å². The van der Waals surface area contributed by atoms with E-state index < -0.39 is 0 Å². The van der Waals surface area contributed by atoms with Crippen molar-refractivity contribution >= 4 is 50.3 Å². The Bertz CT molecular complexity index is 1100. The molecule has 0 radical (unpaired) electrons. The molecule has 0 unspecified atom stereocenters. The highest BCUT2D eigenvalue weighted by Gasteiger charge is 2.18. The molecule has 122 valence electrons. The lowest BCUT2D eigenvalue weighted by atomic mass is 10.1. The predicted octanol–water partition coefficient (Wildman–Crippen LogP) is 4.96. The molecule has 3 rings (SSSR count). The van der Waals surface area contributed by atoms with Gasteiger partial charge in [-0.25, -0.2) is 4.98 Å². The molecule has 0 aliphatic rings. The number of aryl methyl sites for hydroxylation is 2. The molecule has 5 nitrogen and oxygen atoms in total. The number of thiocarbonyl (C=S) groups is 1. The largest absolute Gasteiger partial charge is 0.274 e. The van der Waals surface area contributed by atoms with Crippen molar-refractivity contribution in [2.24, 2.45) is 4.99 Å². The third kappa shape index (κ3) is 3.47. The summed E-state index contributed by atoms with van der Waals surface area (Å²) in [5, 5.41) is 14.1. The van der Waals surface area contributed by atoms with Crippen molar-refractivity contribution in [1.82, 2.24) is 4.98 Å². The molecular formula is C18H11N3O2S2. The van der Waals surface area contributed by atoms with Crippen molar-refractivity contribution < 1.29 is 4.92 Å². The van der Waals surface area contributed by atoms with Gasteiger partial charge in [0.2, 0.25) is 0 Å². The Morgan fingerprint density at radius 1 is 1.24 bits per heavy atom. The molecule has 3 aromatic rings. The normalized spacial score (nSPS) is 10.0. The van der Waals surface area contributed by atoms with Crippen molar-refractivity contribution in [2.45, 2.75) is 13.8 Å². The first-order chi connectivity index (χ1) is 12.0. The first-order valence-electron chi connectivity index (χ1n) is 7.24. The summed E-state index contributed by atoms with van der Waals surface area (Å²) in [5.74, 6) is 6.07. The van der Waals surface area contributed by atoms with E-state index in [1.165, 1.54) is 11.3 Å². The highest BCUT2D eigenvalue weighted by molar-refractivity contribution is 7.78.